The first-order valence-corrected chi connectivity index (χ1v) is 6.93. The summed E-state index contributed by atoms with van der Waals surface area (Å²) in [5.74, 6) is -0.468. The highest BCUT2D eigenvalue weighted by Gasteiger charge is 2.08. The minimum absolute atomic E-state index is 0.434. The van der Waals surface area contributed by atoms with Gasteiger partial charge in [-0.05, 0) is 32.0 Å². The van der Waals surface area contributed by atoms with Crippen molar-refractivity contribution in [3.8, 4) is 0 Å². The van der Waals surface area contributed by atoms with Crippen LogP contribution in [0.3, 0.4) is 0 Å². The molecule has 0 atom stereocenters. The van der Waals surface area contributed by atoms with Crippen LogP contribution in [0.15, 0.2) is 18.2 Å². The smallest absolute Gasteiger partial charge is 0.248 e. The topological polar surface area (TPSA) is 68.0 Å². The molecule has 6 heteroatoms. The van der Waals surface area contributed by atoms with Crippen molar-refractivity contribution in [1.29, 1.82) is 0 Å². The van der Waals surface area contributed by atoms with Gasteiger partial charge in [0, 0.05) is 10.4 Å². The predicted octanol–water partition coefficient (Wildman–Crippen LogP) is 3.12. The monoisotopic (exact) mass is 295 g/mol. The van der Waals surface area contributed by atoms with Crippen LogP contribution >= 0.6 is 22.9 Å². The molecule has 0 bridgehead atoms. The lowest BCUT2D eigenvalue weighted by molar-refractivity contribution is 0.100. The Morgan fingerprint density at radius 3 is 2.79 bits per heavy atom. The molecule has 0 aliphatic heterocycles. The van der Waals surface area contributed by atoms with Gasteiger partial charge in [0.05, 0.1) is 28.0 Å². The van der Waals surface area contributed by atoms with Crippen molar-refractivity contribution in [1.82, 2.24) is 4.98 Å². The number of nitrogens with one attached hydrogen (secondary N) is 1. The molecule has 2 aromatic rings. The van der Waals surface area contributed by atoms with E-state index in [2.05, 4.69) is 10.3 Å². The minimum atomic E-state index is -0.468. The summed E-state index contributed by atoms with van der Waals surface area (Å²) in [5, 5.41) is 4.80. The second-order valence-electron chi connectivity index (χ2n) is 4.15. The summed E-state index contributed by atoms with van der Waals surface area (Å²) in [4.78, 5) is 16.7. The van der Waals surface area contributed by atoms with Gasteiger partial charge in [-0.15, -0.1) is 11.3 Å². The molecule has 1 amide bonds. The molecule has 100 valence electrons. The molecule has 0 saturated carbocycles. The summed E-state index contributed by atoms with van der Waals surface area (Å²) >= 11 is 7.73. The van der Waals surface area contributed by atoms with Gasteiger partial charge in [-0.3, -0.25) is 4.79 Å². The number of primary amides is 1. The van der Waals surface area contributed by atoms with Gasteiger partial charge in [0.15, 0.2) is 0 Å². The lowest BCUT2D eigenvalue weighted by Crippen LogP contribution is -2.11. The summed E-state index contributed by atoms with van der Waals surface area (Å²) in [6, 6.07) is 4.93. The van der Waals surface area contributed by atoms with E-state index in [9.17, 15) is 4.79 Å². The Balaban J connectivity index is 2.17. The molecular weight excluding hydrogens is 282 g/mol. The van der Waals surface area contributed by atoms with Crippen LogP contribution in [0.4, 0.5) is 5.69 Å². The van der Waals surface area contributed by atoms with Gasteiger partial charge in [0.25, 0.3) is 0 Å². The molecule has 1 aromatic heterocycles. The summed E-state index contributed by atoms with van der Waals surface area (Å²) in [7, 11) is 0. The summed E-state index contributed by atoms with van der Waals surface area (Å²) in [5.41, 5.74) is 7.39. The first kappa shape index (κ1) is 13.8. The number of hydrogen-bond acceptors (Lipinski definition) is 4. The number of anilines is 1. The molecule has 0 unspecified atom stereocenters. The normalized spacial score (nSPS) is 10.5. The molecule has 1 heterocycles. The van der Waals surface area contributed by atoms with Gasteiger partial charge in [-0.25, -0.2) is 4.98 Å². The van der Waals surface area contributed by atoms with Crippen molar-refractivity contribution < 1.29 is 4.79 Å². The zero-order chi connectivity index (χ0) is 14.0. The lowest BCUT2D eigenvalue weighted by Gasteiger charge is -2.08. The number of carbonyl (C=O) groups is 1. The Bertz CT molecular complexity index is 624. The van der Waals surface area contributed by atoms with Gasteiger partial charge in [-0.2, -0.15) is 0 Å². The standard InChI is InChI=1S/C13H14ClN3OS/c1-7-12(19-8(2)17-7)6-16-11-5-9(13(15)18)3-4-10(11)14/h3-5,16H,6H2,1-2H3,(H2,15,18). The molecule has 0 aliphatic rings. The quantitative estimate of drug-likeness (QED) is 0.910. The molecule has 2 rings (SSSR count). The number of aromatic nitrogens is 1. The number of nitrogens with zero attached hydrogens (tertiary/aromatic N) is 1. The van der Waals surface area contributed by atoms with Crippen molar-refractivity contribution in [2.45, 2.75) is 20.4 Å². The van der Waals surface area contributed by atoms with E-state index < -0.39 is 5.91 Å². The van der Waals surface area contributed by atoms with Gasteiger partial charge < -0.3 is 11.1 Å². The maximum atomic E-state index is 11.1. The lowest BCUT2D eigenvalue weighted by atomic mass is 10.2. The second kappa shape index (κ2) is 5.59. The maximum absolute atomic E-state index is 11.1. The van der Waals surface area contributed by atoms with E-state index in [0.717, 1.165) is 15.6 Å². The van der Waals surface area contributed by atoms with E-state index in [4.69, 9.17) is 17.3 Å². The van der Waals surface area contributed by atoms with E-state index in [-0.39, 0.29) is 0 Å². The molecule has 0 radical (unpaired) electrons. The van der Waals surface area contributed by atoms with Gasteiger partial charge >= 0.3 is 0 Å². The minimum Gasteiger partial charge on any atom is -0.379 e. The number of amides is 1. The molecule has 19 heavy (non-hydrogen) atoms. The molecule has 0 fully saturated rings. The Labute approximate surface area is 120 Å². The number of hydrogen-bond donors (Lipinski definition) is 2. The average Bonchev–Trinajstić information content (AvgIpc) is 2.66. The highest BCUT2D eigenvalue weighted by Crippen LogP contribution is 2.25. The van der Waals surface area contributed by atoms with Crippen molar-refractivity contribution in [3.05, 3.63) is 44.4 Å². The SMILES string of the molecule is Cc1nc(C)c(CNc2cc(C(N)=O)ccc2Cl)s1. The van der Waals surface area contributed by atoms with Gasteiger partial charge in [0.2, 0.25) is 5.91 Å². The van der Waals surface area contributed by atoms with Crippen LogP contribution in [-0.4, -0.2) is 10.9 Å². The third-order valence-corrected chi connectivity index (χ3v) is 4.09. The van der Waals surface area contributed by atoms with Crippen LogP contribution in [0.2, 0.25) is 5.02 Å². The molecular formula is C13H14ClN3OS. The third-order valence-electron chi connectivity index (χ3n) is 2.69. The largest absolute Gasteiger partial charge is 0.379 e. The predicted molar refractivity (Wildman–Crippen MR) is 78.9 cm³/mol. The van der Waals surface area contributed by atoms with E-state index in [1.807, 2.05) is 13.8 Å². The molecule has 4 nitrogen and oxygen atoms in total. The van der Waals surface area contributed by atoms with Crippen molar-refractivity contribution >= 4 is 34.5 Å². The first-order chi connectivity index (χ1) is 8.97. The van der Waals surface area contributed by atoms with Crippen LogP contribution in [0.25, 0.3) is 0 Å². The van der Waals surface area contributed by atoms with Gasteiger partial charge in [0.1, 0.15) is 0 Å². The van der Waals surface area contributed by atoms with Crippen LogP contribution in [0.1, 0.15) is 25.9 Å². The highest BCUT2D eigenvalue weighted by molar-refractivity contribution is 7.11. The van der Waals surface area contributed by atoms with Crippen molar-refractivity contribution in [3.63, 3.8) is 0 Å². The van der Waals surface area contributed by atoms with Crippen LogP contribution in [0.5, 0.6) is 0 Å². The van der Waals surface area contributed by atoms with Crippen LogP contribution in [-0.2, 0) is 6.54 Å². The summed E-state index contributed by atoms with van der Waals surface area (Å²) < 4.78 is 0. The Kier molecular flexibility index (Phi) is 4.07. The molecule has 1 aromatic carbocycles. The Morgan fingerprint density at radius 1 is 1.47 bits per heavy atom. The molecule has 0 saturated heterocycles. The van der Waals surface area contributed by atoms with Gasteiger partial charge in [-0.1, -0.05) is 11.6 Å². The summed E-state index contributed by atoms with van der Waals surface area (Å²) in [6.45, 7) is 4.57. The number of thiazole rings is 1. The van der Waals surface area contributed by atoms with Crippen LogP contribution in [0, 0.1) is 13.8 Å². The van der Waals surface area contributed by atoms with Crippen molar-refractivity contribution in [2.75, 3.05) is 5.32 Å². The van der Waals surface area contributed by atoms with E-state index in [0.29, 0.717) is 22.8 Å². The Hall–Kier alpha value is -1.59. The first-order valence-electron chi connectivity index (χ1n) is 5.73. The molecule has 0 spiro atoms. The zero-order valence-electron chi connectivity index (χ0n) is 10.7. The third kappa shape index (κ3) is 3.24. The number of halogens is 1. The Morgan fingerprint density at radius 2 is 2.21 bits per heavy atom. The van der Waals surface area contributed by atoms with E-state index in [1.165, 1.54) is 0 Å². The number of rotatable bonds is 4. The summed E-state index contributed by atoms with van der Waals surface area (Å²) in [6.07, 6.45) is 0. The van der Waals surface area contributed by atoms with Crippen molar-refractivity contribution in [2.24, 2.45) is 5.73 Å². The number of aryl methyl sites for hydroxylation is 2. The molecule has 3 N–H and O–H groups in total. The van der Waals surface area contributed by atoms with Crippen LogP contribution < -0.4 is 11.1 Å². The maximum Gasteiger partial charge on any atom is 0.248 e. The molecule has 0 aliphatic carbocycles. The number of carbonyl (C=O) groups excluding carboxylic acids is 1. The van der Waals surface area contributed by atoms with E-state index >= 15 is 0 Å². The zero-order valence-corrected chi connectivity index (χ0v) is 12.2. The fraction of sp³-hybridized carbons (Fsp3) is 0.231. The number of benzene rings is 1. The fourth-order valence-corrected chi connectivity index (χ4v) is 2.79. The number of nitrogens with two attached hydrogens (primary N) is 1. The van der Waals surface area contributed by atoms with E-state index in [1.54, 1.807) is 29.5 Å². The second-order valence-corrected chi connectivity index (χ2v) is 5.85. The highest BCUT2D eigenvalue weighted by atomic mass is 35.5. The fourth-order valence-electron chi connectivity index (χ4n) is 1.73. The average molecular weight is 296 g/mol.